The second kappa shape index (κ2) is 9.50. The van der Waals surface area contributed by atoms with E-state index < -0.39 is 5.97 Å². The quantitative estimate of drug-likeness (QED) is 0.311. The Labute approximate surface area is 100 Å². The van der Waals surface area contributed by atoms with E-state index >= 15 is 0 Å². The van der Waals surface area contributed by atoms with Crippen LogP contribution in [0.2, 0.25) is 0 Å². The molecule has 0 bridgehead atoms. The van der Waals surface area contributed by atoms with Crippen molar-refractivity contribution in [3.05, 3.63) is 38.0 Å². The van der Waals surface area contributed by atoms with Crippen LogP contribution < -0.4 is 0 Å². The highest BCUT2D eigenvalue weighted by atomic mass is 28.2. The Bertz CT molecular complexity index is 187. The third-order valence-corrected chi connectivity index (χ3v) is 1.66. The third-order valence-electron chi connectivity index (χ3n) is 1.51. The van der Waals surface area contributed by atoms with Crippen molar-refractivity contribution in [3.8, 4) is 0 Å². The van der Waals surface area contributed by atoms with Gasteiger partial charge in [-0.25, -0.2) is 0 Å². The topological polar surface area (TPSA) is 36.9 Å². The van der Waals surface area contributed by atoms with Crippen LogP contribution in [0.4, 0.5) is 0 Å². The first-order valence-corrected chi connectivity index (χ1v) is 5.18. The minimum Gasteiger partial charge on any atom is -0.410 e. The standard InChI is InChI=1S/C11H17O4Si/c1-4-7-12-11(10-15-16,13-8-5-2)14-9-6-3/h4-6H,1-3,7-10H2. The molecule has 16 heavy (non-hydrogen) atoms. The molecule has 5 heteroatoms. The van der Waals surface area contributed by atoms with Crippen molar-refractivity contribution in [2.75, 3.05) is 26.4 Å². The van der Waals surface area contributed by atoms with Gasteiger partial charge in [-0.1, -0.05) is 18.2 Å². The van der Waals surface area contributed by atoms with E-state index in [-0.39, 0.29) is 26.4 Å². The molecule has 0 amide bonds. The van der Waals surface area contributed by atoms with Crippen molar-refractivity contribution in [1.29, 1.82) is 0 Å². The van der Waals surface area contributed by atoms with Crippen molar-refractivity contribution in [2.45, 2.75) is 5.97 Å². The van der Waals surface area contributed by atoms with Crippen LogP contribution in [0.25, 0.3) is 0 Å². The monoisotopic (exact) mass is 241 g/mol. The summed E-state index contributed by atoms with van der Waals surface area (Å²) in [4.78, 5) is 0. The Balaban J connectivity index is 4.48. The van der Waals surface area contributed by atoms with Gasteiger partial charge in [0.25, 0.3) is 0 Å². The Hall–Kier alpha value is -0.723. The van der Waals surface area contributed by atoms with Gasteiger partial charge in [-0.15, -0.1) is 19.7 Å². The van der Waals surface area contributed by atoms with Crippen LogP contribution in [-0.4, -0.2) is 42.9 Å². The molecule has 0 aliphatic rings. The number of ether oxygens (including phenoxy) is 3. The van der Waals surface area contributed by atoms with E-state index in [1.165, 1.54) is 0 Å². The van der Waals surface area contributed by atoms with E-state index in [0.717, 1.165) is 0 Å². The van der Waals surface area contributed by atoms with Gasteiger partial charge in [0.2, 0.25) is 10.5 Å². The minimum absolute atomic E-state index is 0.0689. The molecular formula is C11H17O4Si. The van der Waals surface area contributed by atoms with E-state index in [1.807, 2.05) is 0 Å². The third kappa shape index (κ3) is 5.99. The Morgan fingerprint density at radius 3 is 1.50 bits per heavy atom. The van der Waals surface area contributed by atoms with Gasteiger partial charge in [0.05, 0.1) is 19.8 Å². The Morgan fingerprint density at radius 2 is 1.25 bits per heavy atom. The second-order valence-electron chi connectivity index (χ2n) is 2.77. The summed E-state index contributed by atoms with van der Waals surface area (Å²) in [5.41, 5.74) is 0. The average molecular weight is 241 g/mol. The molecule has 0 N–H and O–H groups in total. The maximum Gasteiger partial charge on any atom is 0.307 e. The van der Waals surface area contributed by atoms with Crippen LogP contribution in [0, 0.1) is 0 Å². The zero-order valence-electron chi connectivity index (χ0n) is 9.31. The molecule has 89 valence electrons. The molecule has 0 rings (SSSR count). The fraction of sp³-hybridized carbons (Fsp3) is 0.455. The van der Waals surface area contributed by atoms with Crippen LogP contribution in [0.5, 0.6) is 0 Å². The Morgan fingerprint density at radius 1 is 0.875 bits per heavy atom. The molecule has 0 aromatic rings. The fourth-order valence-corrected chi connectivity index (χ4v) is 1.07. The van der Waals surface area contributed by atoms with Gasteiger partial charge >= 0.3 is 5.97 Å². The van der Waals surface area contributed by atoms with Gasteiger partial charge in [0.1, 0.15) is 6.61 Å². The lowest BCUT2D eigenvalue weighted by molar-refractivity contribution is -0.378. The zero-order valence-corrected chi connectivity index (χ0v) is 10.3. The molecule has 0 saturated heterocycles. The second-order valence-corrected chi connectivity index (χ2v) is 3.06. The molecule has 4 nitrogen and oxygen atoms in total. The summed E-state index contributed by atoms with van der Waals surface area (Å²) in [5.74, 6) is -1.28. The van der Waals surface area contributed by atoms with E-state index in [0.29, 0.717) is 0 Å². The van der Waals surface area contributed by atoms with Crippen LogP contribution in [0.1, 0.15) is 0 Å². The first-order chi connectivity index (χ1) is 7.74. The van der Waals surface area contributed by atoms with Crippen LogP contribution in [0.15, 0.2) is 38.0 Å². The molecule has 0 heterocycles. The van der Waals surface area contributed by atoms with Crippen LogP contribution in [-0.2, 0) is 18.6 Å². The lowest BCUT2D eigenvalue weighted by Gasteiger charge is -2.31. The summed E-state index contributed by atoms with van der Waals surface area (Å²) >= 11 is 0. The average Bonchev–Trinajstić information content (AvgIpc) is 2.31. The summed E-state index contributed by atoms with van der Waals surface area (Å²) in [6.07, 6.45) is 4.78. The molecule has 0 atom stereocenters. The van der Waals surface area contributed by atoms with E-state index in [1.54, 1.807) is 18.2 Å². The smallest absolute Gasteiger partial charge is 0.307 e. The highest BCUT2D eigenvalue weighted by molar-refractivity contribution is 5.97. The first-order valence-electron chi connectivity index (χ1n) is 4.77. The highest BCUT2D eigenvalue weighted by Crippen LogP contribution is 2.16. The van der Waals surface area contributed by atoms with Crippen molar-refractivity contribution in [2.24, 2.45) is 0 Å². The number of hydrogen-bond donors (Lipinski definition) is 0. The molecule has 0 aromatic heterocycles. The minimum atomic E-state index is -1.28. The normalized spacial score (nSPS) is 11.1. The van der Waals surface area contributed by atoms with Gasteiger partial charge in [-0.3, -0.25) is 0 Å². The maximum atomic E-state index is 5.41. The van der Waals surface area contributed by atoms with Crippen LogP contribution >= 0.6 is 0 Å². The van der Waals surface area contributed by atoms with E-state index in [9.17, 15) is 0 Å². The SMILES string of the molecule is C=CCOC(CO[Si])(OCC=C)OCC=C. The predicted molar refractivity (Wildman–Crippen MR) is 62.9 cm³/mol. The van der Waals surface area contributed by atoms with Gasteiger partial charge in [-0.05, 0) is 0 Å². The van der Waals surface area contributed by atoms with Crippen molar-refractivity contribution in [3.63, 3.8) is 0 Å². The predicted octanol–water partition coefficient (Wildman–Crippen LogP) is 1.35. The zero-order chi connectivity index (χ0) is 12.3. The van der Waals surface area contributed by atoms with Gasteiger partial charge in [0, 0.05) is 0 Å². The summed E-state index contributed by atoms with van der Waals surface area (Å²) < 4.78 is 21.1. The molecule has 0 fully saturated rings. The molecule has 0 unspecified atom stereocenters. The largest absolute Gasteiger partial charge is 0.410 e. The Kier molecular flexibility index (Phi) is 9.07. The van der Waals surface area contributed by atoms with Crippen molar-refractivity contribution >= 4 is 10.5 Å². The van der Waals surface area contributed by atoms with Crippen molar-refractivity contribution < 1.29 is 18.6 Å². The lowest BCUT2D eigenvalue weighted by Crippen LogP contribution is -2.44. The number of hydrogen-bond acceptors (Lipinski definition) is 4. The molecule has 0 saturated carbocycles. The van der Waals surface area contributed by atoms with Crippen LogP contribution in [0.3, 0.4) is 0 Å². The molecule has 0 aliphatic carbocycles. The molecule has 0 spiro atoms. The summed E-state index contributed by atoms with van der Waals surface area (Å²) in [6.45, 7) is 11.6. The van der Waals surface area contributed by atoms with Gasteiger partial charge < -0.3 is 18.6 Å². The van der Waals surface area contributed by atoms with Gasteiger partial charge in [-0.2, -0.15) is 0 Å². The van der Waals surface area contributed by atoms with Crippen molar-refractivity contribution in [1.82, 2.24) is 0 Å². The highest BCUT2D eigenvalue weighted by Gasteiger charge is 2.32. The lowest BCUT2D eigenvalue weighted by atomic mass is 10.5. The van der Waals surface area contributed by atoms with E-state index in [2.05, 4.69) is 30.2 Å². The maximum absolute atomic E-state index is 5.41. The molecular weight excluding hydrogens is 224 g/mol. The molecule has 3 radical (unpaired) electrons. The van der Waals surface area contributed by atoms with Gasteiger partial charge in [0.15, 0.2) is 0 Å². The first kappa shape index (κ1) is 15.3. The number of rotatable bonds is 11. The molecule has 0 aliphatic heterocycles. The summed E-state index contributed by atoms with van der Waals surface area (Å²) in [7, 11) is 2.89. The summed E-state index contributed by atoms with van der Waals surface area (Å²) in [5, 5.41) is 0. The van der Waals surface area contributed by atoms with E-state index in [4.69, 9.17) is 18.6 Å². The fourth-order valence-electron chi connectivity index (χ4n) is 0.896. The summed E-state index contributed by atoms with van der Waals surface area (Å²) in [6, 6.07) is 0. The molecule has 0 aromatic carbocycles.